The van der Waals surface area contributed by atoms with Crippen LogP contribution in [-0.4, -0.2) is 33.2 Å². The van der Waals surface area contributed by atoms with Crippen LogP contribution in [0.5, 0.6) is 5.88 Å². The van der Waals surface area contributed by atoms with Gasteiger partial charge in [0.1, 0.15) is 11.5 Å². The van der Waals surface area contributed by atoms with E-state index in [2.05, 4.69) is 5.10 Å². The molecule has 0 fully saturated rings. The van der Waals surface area contributed by atoms with Crippen LogP contribution in [0.25, 0.3) is 0 Å². The van der Waals surface area contributed by atoms with Gasteiger partial charge in [0.25, 0.3) is 0 Å². The summed E-state index contributed by atoms with van der Waals surface area (Å²) in [5, 5.41) is 12.8. The number of ketones is 1. The van der Waals surface area contributed by atoms with Gasteiger partial charge in [0, 0.05) is 19.5 Å². The summed E-state index contributed by atoms with van der Waals surface area (Å²) >= 11 is 0. The average molecular weight is 254 g/mol. The van der Waals surface area contributed by atoms with Gasteiger partial charge in [-0.1, -0.05) is 0 Å². The van der Waals surface area contributed by atoms with Gasteiger partial charge in [-0.2, -0.15) is 0 Å². The molecule has 0 aromatic carbocycles. The summed E-state index contributed by atoms with van der Waals surface area (Å²) in [6, 6.07) is 1.40. The number of Topliss-reactive ketones (excluding diaryl/α,β-unsaturated/α-hetero) is 1. The van der Waals surface area contributed by atoms with E-state index in [1.807, 2.05) is 0 Å². The Labute approximate surface area is 106 Å². The van der Waals surface area contributed by atoms with Gasteiger partial charge in [-0.25, -0.2) is 4.79 Å². The number of unbranched alkanes of at least 4 members (excludes halogenated alkanes) is 2. The lowest BCUT2D eigenvalue weighted by Crippen LogP contribution is -2.04. The maximum atomic E-state index is 10.8. The molecular formula is C12H18N2O4. The van der Waals surface area contributed by atoms with E-state index < -0.39 is 5.97 Å². The molecule has 100 valence electrons. The Morgan fingerprint density at radius 2 is 2.11 bits per heavy atom. The number of ether oxygens (including phenoxy) is 1. The Kier molecular flexibility index (Phi) is 5.35. The molecule has 0 unspecified atom stereocenters. The molecule has 0 aliphatic rings. The first-order valence-corrected chi connectivity index (χ1v) is 5.90. The molecule has 1 rings (SSSR count). The molecule has 1 heterocycles. The molecule has 0 saturated heterocycles. The van der Waals surface area contributed by atoms with Crippen molar-refractivity contribution in [3.63, 3.8) is 0 Å². The number of carbonyl (C=O) groups excluding carboxylic acids is 1. The van der Waals surface area contributed by atoms with Crippen molar-refractivity contribution in [2.45, 2.75) is 32.6 Å². The Morgan fingerprint density at radius 1 is 1.39 bits per heavy atom. The van der Waals surface area contributed by atoms with Gasteiger partial charge in [-0.05, 0) is 26.2 Å². The minimum atomic E-state index is -1.03. The molecule has 1 aromatic rings. The van der Waals surface area contributed by atoms with Crippen molar-refractivity contribution in [3.05, 3.63) is 11.8 Å². The SMILES string of the molecule is CC(=O)CCCCCOc1cc(C(=O)O)n(C)n1. The molecular weight excluding hydrogens is 236 g/mol. The summed E-state index contributed by atoms with van der Waals surface area (Å²) in [7, 11) is 1.56. The van der Waals surface area contributed by atoms with Gasteiger partial charge < -0.3 is 14.6 Å². The Morgan fingerprint density at radius 3 is 2.67 bits per heavy atom. The number of aromatic carboxylic acids is 1. The molecule has 18 heavy (non-hydrogen) atoms. The van der Waals surface area contributed by atoms with E-state index in [9.17, 15) is 9.59 Å². The number of carbonyl (C=O) groups is 2. The number of aryl methyl sites for hydroxylation is 1. The predicted molar refractivity (Wildman–Crippen MR) is 64.8 cm³/mol. The van der Waals surface area contributed by atoms with Crippen LogP contribution in [0.4, 0.5) is 0 Å². The Hall–Kier alpha value is -1.85. The van der Waals surface area contributed by atoms with Crippen LogP contribution in [-0.2, 0) is 11.8 Å². The average Bonchev–Trinajstić information content (AvgIpc) is 2.64. The standard InChI is InChI=1S/C12H18N2O4/c1-9(15)6-4-3-5-7-18-11-8-10(12(16)17)14(2)13-11/h8H,3-7H2,1-2H3,(H,16,17). The van der Waals surface area contributed by atoms with Crippen LogP contribution in [0, 0.1) is 0 Å². The van der Waals surface area contributed by atoms with Crippen LogP contribution < -0.4 is 4.74 Å². The van der Waals surface area contributed by atoms with E-state index in [-0.39, 0.29) is 11.5 Å². The normalized spacial score (nSPS) is 10.3. The van der Waals surface area contributed by atoms with Crippen molar-refractivity contribution in [3.8, 4) is 5.88 Å². The molecule has 0 atom stereocenters. The molecule has 0 aliphatic heterocycles. The fourth-order valence-corrected chi connectivity index (χ4v) is 1.54. The second kappa shape index (κ2) is 6.78. The minimum Gasteiger partial charge on any atom is -0.477 e. The van der Waals surface area contributed by atoms with E-state index in [1.54, 1.807) is 14.0 Å². The maximum absolute atomic E-state index is 10.8. The third-order valence-electron chi connectivity index (χ3n) is 2.50. The highest BCUT2D eigenvalue weighted by Crippen LogP contribution is 2.11. The summed E-state index contributed by atoms with van der Waals surface area (Å²) < 4.78 is 6.62. The lowest BCUT2D eigenvalue weighted by molar-refractivity contribution is -0.117. The van der Waals surface area contributed by atoms with Gasteiger partial charge in [0.05, 0.1) is 6.61 Å². The summed E-state index contributed by atoms with van der Waals surface area (Å²) in [4.78, 5) is 21.5. The summed E-state index contributed by atoms with van der Waals surface area (Å²) in [5.41, 5.74) is 0.0987. The zero-order valence-electron chi connectivity index (χ0n) is 10.7. The molecule has 0 amide bonds. The number of rotatable bonds is 8. The molecule has 0 aliphatic carbocycles. The van der Waals surface area contributed by atoms with E-state index >= 15 is 0 Å². The van der Waals surface area contributed by atoms with Crippen molar-refractivity contribution in [2.24, 2.45) is 7.05 Å². The highest BCUT2D eigenvalue weighted by atomic mass is 16.5. The van der Waals surface area contributed by atoms with Crippen molar-refractivity contribution in [1.82, 2.24) is 9.78 Å². The third-order valence-corrected chi connectivity index (χ3v) is 2.50. The predicted octanol–water partition coefficient (Wildman–Crippen LogP) is 1.65. The van der Waals surface area contributed by atoms with E-state index in [0.29, 0.717) is 18.9 Å². The van der Waals surface area contributed by atoms with Crippen molar-refractivity contribution < 1.29 is 19.4 Å². The summed E-state index contributed by atoms with van der Waals surface area (Å²) in [6.07, 6.45) is 3.21. The van der Waals surface area contributed by atoms with Gasteiger partial charge >= 0.3 is 5.97 Å². The van der Waals surface area contributed by atoms with E-state index in [4.69, 9.17) is 9.84 Å². The topological polar surface area (TPSA) is 81.4 Å². The number of carboxylic acids is 1. The first-order chi connectivity index (χ1) is 8.50. The fourth-order valence-electron chi connectivity index (χ4n) is 1.54. The van der Waals surface area contributed by atoms with Crippen LogP contribution in [0.3, 0.4) is 0 Å². The quantitative estimate of drug-likeness (QED) is 0.713. The lowest BCUT2D eigenvalue weighted by atomic mass is 10.1. The first-order valence-electron chi connectivity index (χ1n) is 5.90. The molecule has 6 heteroatoms. The first kappa shape index (κ1) is 14.2. The zero-order chi connectivity index (χ0) is 13.5. The van der Waals surface area contributed by atoms with Gasteiger partial charge in [-0.3, -0.25) is 4.68 Å². The van der Waals surface area contributed by atoms with E-state index in [1.165, 1.54) is 10.7 Å². The number of aromatic nitrogens is 2. The van der Waals surface area contributed by atoms with Crippen LogP contribution >= 0.6 is 0 Å². The van der Waals surface area contributed by atoms with Gasteiger partial charge in [-0.15, -0.1) is 5.10 Å². The monoisotopic (exact) mass is 254 g/mol. The van der Waals surface area contributed by atoms with Crippen molar-refractivity contribution >= 4 is 11.8 Å². The number of carboxylic acid groups (broad SMARTS) is 1. The van der Waals surface area contributed by atoms with Gasteiger partial charge in [0.2, 0.25) is 5.88 Å². The summed E-state index contributed by atoms with van der Waals surface area (Å²) in [5.74, 6) is -0.505. The number of hydrogen-bond donors (Lipinski definition) is 1. The van der Waals surface area contributed by atoms with E-state index in [0.717, 1.165) is 19.3 Å². The second-order valence-corrected chi connectivity index (χ2v) is 4.16. The maximum Gasteiger partial charge on any atom is 0.354 e. The van der Waals surface area contributed by atoms with Crippen molar-refractivity contribution in [1.29, 1.82) is 0 Å². The smallest absolute Gasteiger partial charge is 0.354 e. The van der Waals surface area contributed by atoms with Crippen molar-refractivity contribution in [2.75, 3.05) is 6.61 Å². The van der Waals surface area contributed by atoms with Crippen LogP contribution in [0.2, 0.25) is 0 Å². The molecule has 6 nitrogen and oxygen atoms in total. The molecule has 0 spiro atoms. The van der Waals surface area contributed by atoms with Crippen LogP contribution in [0.1, 0.15) is 43.1 Å². The molecule has 1 aromatic heterocycles. The summed E-state index contributed by atoms with van der Waals surface area (Å²) in [6.45, 7) is 2.06. The molecule has 0 saturated carbocycles. The fraction of sp³-hybridized carbons (Fsp3) is 0.583. The van der Waals surface area contributed by atoms with Crippen LogP contribution in [0.15, 0.2) is 6.07 Å². The molecule has 0 bridgehead atoms. The molecule has 1 N–H and O–H groups in total. The third kappa shape index (κ3) is 4.57. The Bertz CT molecular complexity index is 426. The highest BCUT2D eigenvalue weighted by Gasteiger charge is 2.11. The minimum absolute atomic E-state index is 0.0987. The Balaban J connectivity index is 2.25. The number of hydrogen-bond acceptors (Lipinski definition) is 4. The lowest BCUT2D eigenvalue weighted by Gasteiger charge is -2.01. The largest absolute Gasteiger partial charge is 0.477 e. The number of nitrogens with zero attached hydrogens (tertiary/aromatic N) is 2. The highest BCUT2D eigenvalue weighted by molar-refractivity contribution is 5.85. The van der Waals surface area contributed by atoms with Gasteiger partial charge in [0.15, 0.2) is 0 Å². The zero-order valence-corrected chi connectivity index (χ0v) is 10.7. The second-order valence-electron chi connectivity index (χ2n) is 4.16. The molecule has 0 radical (unpaired) electrons.